The van der Waals surface area contributed by atoms with Crippen molar-refractivity contribution in [1.82, 2.24) is 10.3 Å². The van der Waals surface area contributed by atoms with Gasteiger partial charge in [-0.3, -0.25) is 0 Å². The lowest BCUT2D eigenvalue weighted by atomic mass is 10.1. The molecule has 1 aromatic rings. The summed E-state index contributed by atoms with van der Waals surface area (Å²) >= 11 is 0. The number of hydrogen-bond donors (Lipinski definition) is 1. The molecule has 1 heterocycles. The molecule has 0 bridgehead atoms. The highest BCUT2D eigenvalue weighted by Crippen LogP contribution is 2.22. The van der Waals surface area contributed by atoms with E-state index < -0.39 is 0 Å². The minimum atomic E-state index is 0.475. The summed E-state index contributed by atoms with van der Waals surface area (Å²) in [7, 11) is 0. The quantitative estimate of drug-likeness (QED) is 0.764. The molecule has 0 fully saturated rings. The first-order valence-corrected chi connectivity index (χ1v) is 7.05. The second-order valence-electron chi connectivity index (χ2n) is 5.25. The van der Waals surface area contributed by atoms with Gasteiger partial charge in [-0.25, -0.2) is 4.98 Å². The lowest BCUT2D eigenvalue weighted by Crippen LogP contribution is -2.29. The molecule has 0 saturated carbocycles. The zero-order valence-electron chi connectivity index (χ0n) is 13.0. The van der Waals surface area contributed by atoms with Crippen molar-refractivity contribution in [3.63, 3.8) is 0 Å². The number of hydrogen-bond acceptors (Lipinski definition) is 3. The Morgan fingerprint density at radius 2 is 2.11 bits per heavy atom. The molecule has 1 rings (SSSR count). The Balaban J connectivity index is 3.14. The van der Waals surface area contributed by atoms with Crippen molar-refractivity contribution in [2.24, 2.45) is 0 Å². The predicted molar refractivity (Wildman–Crippen MR) is 83.8 cm³/mol. The maximum Gasteiger partial charge on any atom is 0.133 e. The Bertz CT molecular complexity index is 424. The molecule has 0 spiro atoms. The average Bonchev–Trinajstić information content (AvgIpc) is 2.33. The van der Waals surface area contributed by atoms with Gasteiger partial charge in [0.05, 0.1) is 0 Å². The summed E-state index contributed by atoms with van der Waals surface area (Å²) in [6.07, 6.45) is 1.93. The van der Waals surface area contributed by atoms with Gasteiger partial charge in [-0.2, -0.15) is 0 Å². The Kier molecular flexibility index (Phi) is 6.03. The van der Waals surface area contributed by atoms with E-state index in [1.165, 1.54) is 11.1 Å². The number of anilines is 1. The molecule has 3 nitrogen and oxygen atoms in total. The highest BCUT2D eigenvalue weighted by Gasteiger charge is 2.14. The first-order chi connectivity index (χ1) is 8.99. The van der Waals surface area contributed by atoms with Gasteiger partial charge in [-0.15, -0.1) is 6.58 Å². The Labute approximate surface area is 117 Å². The molecule has 3 heteroatoms. The first-order valence-electron chi connectivity index (χ1n) is 7.05. The fraction of sp³-hybridized carbons (Fsp3) is 0.562. The van der Waals surface area contributed by atoms with E-state index in [-0.39, 0.29) is 0 Å². The standard InChI is InChI=1S/C16H27N3/c1-7-9-19(8-2)16-15(11-17-12(3)4)13(5)10-14(6)18-16/h7,10,12,17H,1,8-9,11H2,2-6H3. The van der Waals surface area contributed by atoms with Crippen molar-refractivity contribution >= 4 is 5.82 Å². The third kappa shape index (κ3) is 4.35. The Morgan fingerprint density at radius 3 is 2.63 bits per heavy atom. The van der Waals surface area contributed by atoms with Crippen molar-refractivity contribution in [2.45, 2.75) is 47.2 Å². The molecule has 106 valence electrons. The van der Waals surface area contributed by atoms with Gasteiger partial charge in [-0.05, 0) is 32.4 Å². The summed E-state index contributed by atoms with van der Waals surface area (Å²) in [6.45, 7) is 17.2. The fourth-order valence-electron chi connectivity index (χ4n) is 2.15. The molecular formula is C16H27N3. The maximum absolute atomic E-state index is 4.74. The van der Waals surface area contributed by atoms with Crippen molar-refractivity contribution < 1.29 is 0 Å². The monoisotopic (exact) mass is 261 g/mol. The molecule has 0 amide bonds. The number of pyridine rings is 1. The van der Waals surface area contributed by atoms with Gasteiger partial charge in [0.15, 0.2) is 0 Å². The Morgan fingerprint density at radius 1 is 1.42 bits per heavy atom. The third-order valence-corrected chi connectivity index (χ3v) is 3.17. The number of nitrogens with zero attached hydrogens (tertiary/aromatic N) is 2. The summed E-state index contributed by atoms with van der Waals surface area (Å²) in [5, 5.41) is 3.49. The van der Waals surface area contributed by atoms with E-state index in [0.717, 1.165) is 31.1 Å². The van der Waals surface area contributed by atoms with Gasteiger partial charge in [0.1, 0.15) is 5.82 Å². The molecule has 0 radical (unpaired) electrons. The fourth-order valence-corrected chi connectivity index (χ4v) is 2.15. The largest absolute Gasteiger partial charge is 0.353 e. The van der Waals surface area contributed by atoms with E-state index in [4.69, 9.17) is 4.98 Å². The summed E-state index contributed by atoms with van der Waals surface area (Å²) in [5.41, 5.74) is 3.67. The van der Waals surface area contributed by atoms with Gasteiger partial charge in [-0.1, -0.05) is 19.9 Å². The number of aromatic nitrogens is 1. The van der Waals surface area contributed by atoms with Crippen molar-refractivity contribution in [3.8, 4) is 0 Å². The van der Waals surface area contributed by atoms with Crippen LogP contribution in [0.25, 0.3) is 0 Å². The van der Waals surface area contributed by atoms with E-state index in [9.17, 15) is 0 Å². The van der Waals surface area contributed by atoms with Gasteiger partial charge < -0.3 is 10.2 Å². The molecule has 0 aliphatic carbocycles. The van der Waals surface area contributed by atoms with Crippen LogP contribution in [0.3, 0.4) is 0 Å². The lowest BCUT2D eigenvalue weighted by molar-refractivity contribution is 0.585. The summed E-state index contributed by atoms with van der Waals surface area (Å²) < 4.78 is 0. The Hall–Kier alpha value is -1.35. The number of nitrogens with one attached hydrogen (secondary N) is 1. The smallest absolute Gasteiger partial charge is 0.133 e. The zero-order valence-corrected chi connectivity index (χ0v) is 13.0. The predicted octanol–water partition coefficient (Wildman–Crippen LogP) is 3.21. The van der Waals surface area contributed by atoms with Gasteiger partial charge >= 0.3 is 0 Å². The molecule has 1 N–H and O–H groups in total. The van der Waals surface area contributed by atoms with Gasteiger partial charge in [0.25, 0.3) is 0 Å². The highest BCUT2D eigenvalue weighted by molar-refractivity contribution is 5.52. The van der Waals surface area contributed by atoms with Crippen LogP contribution in [-0.4, -0.2) is 24.1 Å². The van der Waals surface area contributed by atoms with Crippen LogP contribution in [0.15, 0.2) is 18.7 Å². The van der Waals surface area contributed by atoms with Crippen LogP contribution in [-0.2, 0) is 6.54 Å². The van der Waals surface area contributed by atoms with E-state index in [0.29, 0.717) is 6.04 Å². The number of rotatable bonds is 7. The molecule has 0 saturated heterocycles. The van der Waals surface area contributed by atoms with Crippen molar-refractivity contribution in [2.75, 3.05) is 18.0 Å². The molecule has 1 aromatic heterocycles. The number of aryl methyl sites for hydroxylation is 2. The van der Waals surface area contributed by atoms with Crippen LogP contribution in [0.1, 0.15) is 37.6 Å². The van der Waals surface area contributed by atoms with E-state index in [1.807, 2.05) is 6.08 Å². The first kappa shape index (κ1) is 15.7. The summed E-state index contributed by atoms with van der Waals surface area (Å²) in [6, 6.07) is 2.63. The van der Waals surface area contributed by atoms with Crippen molar-refractivity contribution in [1.29, 1.82) is 0 Å². The van der Waals surface area contributed by atoms with E-state index >= 15 is 0 Å². The van der Waals surface area contributed by atoms with Crippen LogP contribution in [0, 0.1) is 13.8 Å². The lowest BCUT2D eigenvalue weighted by Gasteiger charge is -2.25. The SMILES string of the molecule is C=CCN(CC)c1nc(C)cc(C)c1CNC(C)C. The maximum atomic E-state index is 4.74. The molecule has 0 aromatic carbocycles. The highest BCUT2D eigenvalue weighted by atomic mass is 15.2. The van der Waals surface area contributed by atoms with Gasteiger partial charge in [0.2, 0.25) is 0 Å². The average molecular weight is 261 g/mol. The molecule has 0 atom stereocenters. The topological polar surface area (TPSA) is 28.2 Å². The molecule has 0 aliphatic heterocycles. The minimum absolute atomic E-state index is 0.475. The normalized spacial score (nSPS) is 10.8. The van der Waals surface area contributed by atoms with Crippen LogP contribution < -0.4 is 10.2 Å². The summed E-state index contributed by atoms with van der Waals surface area (Å²) in [5.74, 6) is 1.09. The molecule has 19 heavy (non-hydrogen) atoms. The minimum Gasteiger partial charge on any atom is -0.353 e. The van der Waals surface area contributed by atoms with Gasteiger partial charge in [0, 0.05) is 36.9 Å². The van der Waals surface area contributed by atoms with Crippen LogP contribution in [0.5, 0.6) is 0 Å². The van der Waals surface area contributed by atoms with Crippen LogP contribution >= 0.6 is 0 Å². The number of likely N-dealkylation sites (N-methyl/N-ethyl adjacent to an activating group) is 1. The molecule has 0 unspecified atom stereocenters. The van der Waals surface area contributed by atoms with E-state index in [1.54, 1.807) is 0 Å². The van der Waals surface area contributed by atoms with Crippen LogP contribution in [0.4, 0.5) is 5.82 Å². The zero-order chi connectivity index (χ0) is 14.4. The summed E-state index contributed by atoms with van der Waals surface area (Å²) in [4.78, 5) is 7.01. The van der Waals surface area contributed by atoms with E-state index in [2.05, 4.69) is 57.5 Å². The molecule has 0 aliphatic rings. The van der Waals surface area contributed by atoms with Crippen molar-refractivity contribution in [3.05, 3.63) is 35.5 Å². The second kappa shape index (κ2) is 7.29. The molecular weight excluding hydrogens is 234 g/mol. The third-order valence-electron chi connectivity index (χ3n) is 3.17. The van der Waals surface area contributed by atoms with Crippen LogP contribution in [0.2, 0.25) is 0 Å². The second-order valence-corrected chi connectivity index (χ2v) is 5.25.